The normalized spacial score (nSPS) is 17.8. The van der Waals surface area contributed by atoms with Crippen LogP contribution in [0.1, 0.15) is 39.0 Å². The lowest BCUT2D eigenvalue weighted by atomic mass is 9.79. The molecule has 2 amide bonds. The summed E-state index contributed by atoms with van der Waals surface area (Å²) in [5, 5.41) is 3.06. The third-order valence-electron chi connectivity index (χ3n) is 5.70. The van der Waals surface area contributed by atoms with Crippen LogP contribution >= 0.6 is 15.9 Å². The molecule has 1 aliphatic rings. The zero-order valence-electron chi connectivity index (χ0n) is 17.6. The molecule has 1 N–H and O–H groups in total. The molecule has 31 heavy (non-hydrogen) atoms. The monoisotopic (exact) mass is 478 g/mol. The van der Waals surface area contributed by atoms with Crippen LogP contribution in [0.2, 0.25) is 0 Å². The van der Waals surface area contributed by atoms with E-state index in [-0.39, 0.29) is 11.8 Å². The Morgan fingerprint density at radius 2 is 1.77 bits per heavy atom. The Morgan fingerprint density at radius 1 is 1.06 bits per heavy atom. The van der Waals surface area contributed by atoms with Gasteiger partial charge in [-0.25, -0.2) is 0 Å². The van der Waals surface area contributed by atoms with Crippen LogP contribution in [-0.2, 0) is 4.79 Å². The quantitative estimate of drug-likeness (QED) is 0.552. The molecule has 3 aromatic rings. The smallest absolute Gasteiger partial charge is 0.254 e. The Kier molecular flexibility index (Phi) is 5.83. The number of carbonyl (C=O) groups excluding carboxylic acids is 2. The molecule has 1 heterocycles. The van der Waals surface area contributed by atoms with E-state index >= 15 is 0 Å². The van der Waals surface area contributed by atoms with Crippen molar-refractivity contribution in [3.63, 3.8) is 0 Å². The number of benzene rings is 3. The summed E-state index contributed by atoms with van der Waals surface area (Å²) in [4.78, 5) is 28.4. The first kappa shape index (κ1) is 21.1. The predicted octanol–water partition coefficient (Wildman–Crippen LogP) is 5.32. The maximum Gasteiger partial charge on any atom is 0.254 e. The van der Waals surface area contributed by atoms with Gasteiger partial charge in [-0.3, -0.25) is 9.59 Å². The number of methoxy groups -OCH3 is 1. The SMILES string of the molecule is COc1ccc([C@H]2[C@@H](C(=O)Nc3ccc(C)cc3Br)c3ccccc3C(=O)N2C)cc1. The molecular formula is C25H23BrN2O3. The van der Waals surface area contributed by atoms with Crippen molar-refractivity contribution in [1.29, 1.82) is 0 Å². The van der Waals surface area contributed by atoms with E-state index in [0.29, 0.717) is 11.3 Å². The highest BCUT2D eigenvalue weighted by Gasteiger charge is 2.42. The highest BCUT2D eigenvalue weighted by atomic mass is 79.9. The fourth-order valence-corrected chi connectivity index (χ4v) is 4.70. The molecule has 3 aromatic carbocycles. The van der Waals surface area contributed by atoms with Gasteiger partial charge in [-0.15, -0.1) is 0 Å². The van der Waals surface area contributed by atoms with Gasteiger partial charge < -0.3 is 15.0 Å². The van der Waals surface area contributed by atoms with Gasteiger partial charge in [-0.2, -0.15) is 0 Å². The van der Waals surface area contributed by atoms with Crippen molar-refractivity contribution >= 4 is 33.4 Å². The topological polar surface area (TPSA) is 58.6 Å². The average Bonchev–Trinajstić information content (AvgIpc) is 2.78. The second kappa shape index (κ2) is 8.55. The van der Waals surface area contributed by atoms with Crippen molar-refractivity contribution < 1.29 is 14.3 Å². The number of hydrogen-bond donors (Lipinski definition) is 1. The number of anilines is 1. The number of aryl methyl sites for hydroxylation is 1. The van der Waals surface area contributed by atoms with Crippen LogP contribution in [0.3, 0.4) is 0 Å². The largest absolute Gasteiger partial charge is 0.497 e. The van der Waals surface area contributed by atoms with Crippen LogP contribution in [-0.4, -0.2) is 30.9 Å². The van der Waals surface area contributed by atoms with Gasteiger partial charge in [0.05, 0.1) is 24.8 Å². The number of carbonyl (C=O) groups is 2. The molecule has 0 unspecified atom stereocenters. The van der Waals surface area contributed by atoms with Crippen molar-refractivity contribution in [1.82, 2.24) is 4.90 Å². The van der Waals surface area contributed by atoms with E-state index in [0.717, 1.165) is 26.9 Å². The molecule has 6 heteroatoms. The summed E-state index contributed by atoms with van der Waals surface area (Å²) >= 11 is 3.54. The fraction of sp³-hybridized carbons (Fsp3) is 0.200. The van der Waals surface area contributed by atoms with Gasteiger partial charge in [-0.05, 0) is 69.9 Å². The number of nitrogens with one attached hydrogen (secondary N) is 1. The molecule has 0 saturated heterocycles. The first-order chi connectivity index (χ1) is 14.9. The first-order valence-electron chi connectivity index (χ1n) is 9.97. The first-order valence-corrected chi connectivity index (χ1v) is 10.8. The Balaban J connectivity index is 1.79. The average molecular weight is 479 g/mol. The number of nitrogens with zero attached hydrogens (tertiary/aromatic N) is 1. The Labute approximate surface area is 190 Å². The lowest BCUT2D eigenvalue weighted by Crippen LogP contribution is -2.44. The van der Waals surface area contributed by atoms with Gasteiger partial charge in [0.1, 0.15) is 5.75 Å². The molecule has 0 spiro atoms. The second-order valence-electron chi connectivity index (χ2n) is 7.67. The highest BCUT2D eigenvalue weighted by Crippen LogP contribution is 2.43. The minimum atomic E-state index is -0.569. The number of fused-ring (bicyclic) bond motifs is 1. The summed E-state index contributed by atoms with van der Waals surface area (Å²) in [6, 6.07) is 20.2. The molecule has 0 fully saturated rings. The van der Waals surface area contributed by atoms with Crippen molar-refractivity contribution in [3.05, 3.63) is 93.5 Å². The molecule has 0 saturated carbocycles. The summed E-state index contributed by atoms with van der Waals surface area (Å²) in [5.74, 6) is -0.117. The van der Waals surface area contributed by atoms with Crippen LogP contribution < -0.4 is 10.1 Å². The van der Waals surface area contributed by atoms with E-state index in [1.54, 1.807) is 25.1 Å². The van der Waals surface area contributed by atoms with Crippen molar-refractivity contribution in [3.8, 4) is 5.75 Å². The van der Waals surface area contributed by atoms with Crippen LogP contribution in [0, 0.1) is 6.92 Å². The summed E-state index contributed by atoms with van der Waals surface area (Å²) in [6.07, 6.45) is 0. The van der Waals surface area contributed by atoms with Crippen LogP contribution in [0.15, 0.2) is 71.2 Å². The number of ether oxygens (including phenoxy) is 1. The number of amides is 2. The third-order valence-corrected chi connectivity index (χ3v) is 6.36. The van der Waals surface area contributed by atoms with E-state index in [4.69, 9.17) is 4.74 Å². The number of rotatable bonds is 4. The van der Waals surface area contributed by atoms with Crippen molar-refractivity contribution in [2.45, 2.75) is 18.9 Å². The van der Waals surface area contributed by atoms with Crippen LogP contribution in [0.5, 0.6) is 5.75 Å². The molecule has 0 aromatic heterocycles. The van der Waals surface area contributed by atoms with Gasteiger partial charge in [0.15, 0.2) is 0 Å². The van der Waals surface area contributed by atoms with Crippen LogP contribution in [0.4, 0.5) is 5.69 Å². The molecular weight excluding hydrogens is 456 g/mol. The van der Waals surface area contributed by atoms with Gasteiger partial charge >= 0.3 is 0 Å². The summed E-state index contributed by atoms with van der Waals surface area (Å²) in [6.45, 7) is 1.99. The molecule has 0 bridgehead atoms. The molecule has 4 rings (SSSR count). The predicted molar refractivity (Wildman–Crippen MR) is 125 cm³/mol. The number of halogens is 1. The molecule has 0 aliphatic carbocycles. The van der Waals surface area contributed by atoms with Gasteiger partial charge in [0, 0.05) is 17.1 Å². The molecule has 2 atom stereocenters. The highest BCUT2D eigenvalue weighted by molar-refractivity contribution is 9.10. The van der Waals surface area contributed by atoms with E-state index < -0.39 is 12.0 Å². The lowest BCUT2D eigenvalue weighted by molar-refractivity contribution is -0.119. The van der Waals surface area contributed by atoms with Crippen LogP contribution in [0.25, 0.3) is 0 Å². The lowest BCUT2D eigenvalue weighted by Gasteiger charge is -2.39. The summed E-state index contributed by atoms with van der Waals surface area (Å²) in [7, 11) is 3.35. The molecule has 1 aliphatic heterocycles. The minimum absolute atomic E-state index is 0.100. The molecule has 5 nitrogen and oxygen atoms in total. The van der Waals surface area contributed by atoms with Gasteiger partial charge in [-0.1, -0.05) is 36.4 Å². The summed E-state index contributed by atoms with van der Waals surface area (Å²) in [5.41, 5.74) is 3.94. The second-order valence-corrected chi connectivity index (χ2v) is 8.53. The Bertz CT molecular complexity index is 1140. The minimum Gasteiger partial charge on any atom is -0.497 e. The molecule has 0 radical (unpaired) electrons. The standard InChI is InChI=1S/C25H23BrN2O3/c1-15-8-13-21(20(26)14-15)27-24(29)22-18-6-4-5-7-19(18)25(30)28(2)23(22)16-9-11-17(31-3)12-10-16/h4-14,22-23H,1-3H3,(H,27,29)/t22-,23-/m0/s1. The number of hydrogen-bond acceptors (Lipinski definition) is 3. The maximum absolute atomic E-state index is 13.6. The van der Waals surface area contributed by atoms with E-state index in [9.17, 15) is 9.59 Å². The third kappa shape index (κ3) is 3.95. The Morgan fingerprint density at radius 3 is 2.45 bits per heavy atom. The van der Waals surface area contributed by atoms with E-state index in [2.05, 4.69) is 21.2 Å². The zero-order chi connectivity index (χ0) is 22.1. The van der Waals surface area contributed by atoms with Gasteiger partial charge in [0.25, 0.3) is 5.91 Å². The van der Waals surface area contributed by atoms with Crippen molar-refractivity contribution in [2.75, 3.05) is 19.5 Å². The summed E-state index contributed by atoms with van der Waals surface area (Å²) < 4.78 is 6.09. The van der Waals surface area contributed by atoms with Crippen molar-refractivity contribution in [2.24, 2.45) is 0 Å². The Hall–Kier alpha value is -3.12. The van der Waals surface area contributed by atoms with Gasteiger partial charge in [0.2, 0.25) is 5.91 Å². The molecule has 158 valence electrons. The van der Waals surface area contributed by atoms with E-state index in [1.165, 1.54) is 0 Å². The zero-order valence-corrected chi connectivity index (χ0v) is 19.1. The maximum atomic E-state index is 13.6. The fourth-order valence-electron chi connectivity index (χ4n) is 4.11. The van der Waals surface area contributed by atoms with E-state index in [1.807, 2.05) is 67.6 Å². The number of likely N-dealkylation sites (N-methyl/N-ethyl adjacent to an activating group) is 1.